The van der Waals surface area contributed by atoms with E-state index in [9.17, 15) is 4.39 Å². The molecule has 0 aliphatic rings. The summed E-state index contributed by atoms with van der Waals surface area (Å²) < 4.78 is 15.9. The lowest BCUT2D eigenvalue weighted by atomic mass is 10.2. The van der Waals surface area contributed by atoms with Crippen LogP contribution >= 0.6 is 27.7 Å². The molecular formula is C14H17BrFN3S. The van der Waals surface area contributed by atoms with Crippen molar-refractivity contribution in [3.63, 3.8) is 0 Å². The first kappa shape index (κ1) is 15.5. The number of nitrogens with zero attached hydrogens (tertiary/aromatic N) is 2. The Kier molecular flexibility index (Phi) is 5.63. The van der Waals surface area contributed by atoms with Gasteiger partial charge in [0.2, 0.25) is 0 Å². The number of hydrogen-bond donors (Lipinski definition) is 1. The zero-order valence-corrected chi connectivity index (χ0v) is 13.8. The molecule has 0 saturated heterocycles. The molecule has 1 atom stereocenters. The van der Waals surface area contributed by atoms with Crippen LogP contribution in [0.2, 0.25) is 0 Å². The summed E-state index contributed by atoms with van der Waals surface area (Å²) in [5, 5.41) is 7.66. The smallest absolute Gasteiger partial charge is 0.123 e. The van der Waals surface area contributed by atoms with E-state index in [4.69, 9.17) is 0 Å². The van der Waals surface area contributed by atoms with Crippen LogP contribution in [0, 0.1) is 5.82 Å². The van der Waals surface area contributed by atoms with E-state index in [-0.39, 0.29) is 11.9 Å². The first-order valence-electron chi connectivity index (χ1n) is 6.42. The first-order valence-corrected chi connectivity index (χ1v) is 8.20. The largest absolute Gasteiger partial charge is 0.311 e. The second-order valence-electron chi connectivity index (χ2n) is 4.30. The Bertz CT molecular complexity index is 556. The van der Waals surface area contributed by atoms with Gasteiger partial charge in [-0.25, -0.2) is 4.39 Å². The van der Waals surface area contributed by atoms with Crippen LogP contribution in [0.1, 0.15) is 18.7 Å². The maximum atomic E-state index is 12.9. The lowest BCUT2D eigenvalue weighted by Gasteiger charge is -2.18. The minimum atomic E-state index is -0.202. The number of rotatable bonds is 6. The second kappa shape index (κ2) is 7.24. The Balaban J connectivity index is 2.09. The zero-order chi connectivity index (χ0) is 14.5. The van der Waals surface area contributed by atoms with Gasteiger partial charge in [0.05, 0.1) is 22.4 Å². The molecule has 0 bridgehead atoms. The van der Waals surface area contributed by atoms with Crippen LogP contribution in [0.25, 0.3) is 0 Å². The van der Waals surface area contributed by atoms with Crippen LogP contribution in [-0.4, -0.2) is 22.6 Å². The SMILES string of the molecule is CCn1ncc(Br)c1C(CSc1ccc(F)cc1)NC. The first-order chi connectivity index (χ1) is 9.65. The summed E-state index contributed by atoms with van der Waals surface area (Å²) >= 11 is 5.25. The number of benzene rings is 1. The van der Waals surface area contributed by atoms with Crippen LogP contribution in [0.15, 0.2) is 39.8 Å². The van der Waals surface area contributed by atoms with Gasteiger partial charge in [0, 0.05) is 17.2 Å². The lowest BCUT2D eigenvalue weighted by molar-refractivity contribution is 0.547. The summed E-state index contributed by atoms with van der Waals surface area (Å²) in [4.78, 5) is 1.06. The Hall–Kier alpha value is -0.850. The topological polar surface area (TPSA) is 29.9 Å². The molecule has 0 saturated carbocycles. The Labute approximate surface area is 131 Å². The fraction of sp³-hybridized carbons (Fsp3) is 0.357. The molecule has 20 heavy (non-hydrogen) atoms. The molecule has 3 nitrogen and oxygen atoms in total. The minimum absolute atomic E-state index is 0.182. The average molecular weight is 358 g/mol. The van der Waals surface area contributed by atoms with Gasteiger partial charge >= 0.3 is 0 Å². The van der Waals surface area contributed by atoms with E-state index in [0.29, 0.717) is 0 Å². The number of halogens is 2. The third kappa shape index (κ3) is 3.62. The number of hydrogen-bond acceptors (Lipinski definition) is 3. The van der Waals surface area contributed by atoms with Gasteiger partial charge in [-0.05, 0) is 54.2 Å². The number of thioether (sulfide) groups is 1. The molecule has 2 rings (SSSR count). The van der Waals surface area contributed by atoms with Gasteiger partial charge in [0.15, 0.2) is 0 Å². The van der Waals surface area contributed by atoms with E-state index in [1.54, 1.807) is 23.9 Å². The zero-order valence-electron chi connectivity index (χ0n) is 11.4. The molecule has 0 spiro atoms. The number of nitrogens with one attached hydrogen (secondary N) is 1. The highest BCUT2D eigenvalue weighted by atomic mass is 79.9. The van der Waals surface area contributed by atoms with Gasteiger partial charge in [-0.3, -0.25) is 4.68 Å². The lowest BCUT2D eigenvalue weighted by Crippen LogP contribution is -2.22. The van der Waals surface area contributed by atoms with Gasteiger partial charge in [0.25, 0.3) is 0 Å². The van der Waals surface area contributed by atoms with Crippen LogP contribution in [-0.2, 0) is 6.54 Å². The Morgan fingerprint density at radius 2 is 2.10 bits per heavy atom. The molecule has 0 radical (unpaired) electrons. The molecule has 1 unspecified atom stereocenters. The standard InChI is InChI=1S/C14H17BrFN3S/c1-3-19-14(12(15)8-18-19)13(17-2)9-20-11-6-4-10(16)5-7-11/h4-8,13,17H,3,9H2,1-2H3. The highest BCUT2D eigenvalue weighted by Gasteiger charge is 2.18. The molecule has 2 aromatic rings. The van der Waals surface area contributed by atoms with Crippen molar-refractivity contribution in [3.8, 4) is 0 Å². The van der Waals surface area contributed by atoms with Crippen molar-refractivity contribution in [2.24, 2.45) is 0 Å². The molecule has 1 N–H and O–H groups in total. The van der Waals surface area contributed by atoms with Gasteiger partial charge < -0.3 is 5.32 Å². The number of aryl methyl sites for hydroxylation is 1. The van der Waals surface area contributed by atoms with Crippen molar-refractivity contribution in [2.75, 3.05) is 12.8 Å². The normalized spacial score (nSPS) is 12.6. The van der Waals surface area contributed by atoms with Gasteiger partial charge in [-0.2, -0.15) is 5.10 Å². The highest BCUT2D eigenvalue weighted by molar-refractivity contribution is 9.10. The quantitative estimate of drug-likeness (QED) is 0.796. The molecule has 1 aromatic carbocycles. The van der Waals surface area contributed by atoms with Crippen LogP contribution < -0.4 is 5.32 Å². The van der Waals surface area contributed by atoms with E-state index in [2.05, 4.69) is 33.3 Å². The van der Waals surface area contributed by atoms with Crippen molar-refractivity contribution >= 4 is 27.7 Å². The molecule has 0 amide bonds. The molecule has 108 valence electrons. The molecule has 1 aromatic heterocycles. The fourth-order valence-electron chi connectivity index (χ4n) is 1.98. The van der Waals surface area contributed by atoms with Gasteiger partial charge in [-0.15, -0.1) is 11.8 Å². The van der Waals surface area contributed by atoms with E-state index >= 15 is 0 Å². The molecule has 0 aliphatic heterocycles. The Morgan fingerprint density at radius 3 is 2.70 bits per heavy atom. The Morgan fingerprint density at radius 1 is 1.40 bits per heavy atom. The van der Waals surface area contributed by atoms with E-state index in [0.717, 1.165) is 27.4 Å². The molecule has 6 heteroatoms. The van der Waals surface area contributed by atoms with Crippen molar-refractivity contribution in [1.29, 1.82) is 0 Å². The van der Waals surface area contributed by atoms with Crippen molar-refractivity contribution < 1.29 is 4.39 Å². The van der Waals surface area contributed by atoms with Gasteiger partial charge in [0.1, 0.15) is 5.82 Å². The second-order valence-corrected chi connectivity index (χ2v) is 6.25. The molecule has 1 heterocycles. The van der Waals surface area contributed by atoms with Crippen LogP contribution in [0.3, 0.4) is 0 Å². The third-order valence-corrected chi connectivity index (χ3v) is 4.76. The maximum absolute atomic E-state index is 12.9. The molecular weight excluding hydrogens is 341 g/mol. The molecule has 0 fully saturated rings. The number of aromatic nitrogens is 2. The van der Waals surface area contributed by atoms with Crippen LogP contribution in [0.4, 0.5) is 4.39 Å². The molecule has 0 aliphatic carbocycles. The van der Waals surface area contributed by atoms with Crippen molar-refractivity contribution in [3.05, 3.63) is 46.4 Å². The highest BCUT2D eigenvalue weighted by Crippen LogP contribution is 2.29. The summed E-state index contributed by atoms with van der Waals surface area (Å²) in [7, 11) is 1.94. The summed E-state index contributed by atoms with van der Waals surface area (Å²) in [6.07, 6.45) is 1.83. The average Bonchev–Trinajstić information content (AvgIpc) is 2.83. The summed E-state index contributed by atoms with van der Waals surface area (Å²) in [6.45, 7) is 2.91. The fourth-order valence-corrected chi connectivity index (χ4v) is 3.56. The predicted molar refractivity (Wildman–Crippen MR) is 84.5 cm³/mol. The summed E-state index contributed by atoms with van der Waals surface area (Å²) in [6, 6.07) is 6.77. The van der Waals surface area contributed by atoms with E-state index < -0.39 is 0 Å². The van der Waals surface area contributed by atoms with Crippen molar-refractivity contribution in [1.82, 2.24) is 15.1 Å². The third-order valence-electron chi connectivity index (χ3n) is 3.04. The summed E-state index contributed by atoms with van der Waals surface area (Å²) in [5.41, 5.74) is 1.14. The maximum Gasteiger partial charge on any atom is 0.123 e. The van der Waals surface area contributed by atoms with Crippen LogP contribution in [0.5, 0.6) is 0 Å². The van der Waals surface area contributed by atoms with Crippen molar-refractivity contribution in [2.45, 2.75) is 24.4 Å². The summed E-state index contributed by atoms with van der Waals surface area (Å²) in [5.74, 6) is 0.651. The van der Waals surface area contributed by atoms with Gasteiger partial charge in [-0.1, -0.05) is 0 Å². The van der Waals surface area contributed by atoms with E-state index in [1.165, 1.54) is 12.1 Å². The minimum Gasteiger partial charge on any atom is -0.311 e. The predicted octanol–water partition coefficient (Wildman–Crippen LogP) is 3.86. The monoisotopic (exact) mass is 357 g/mol. The van der Waals surface area contributed by atoms with E-state index in [1.807, 2.05) is 17.9 Å².